The zero-order valence-corrected chi connectivity index (χ0v) is 14.7. The second-order valence-corrected chi connectivity index (χ2v) is 6.22. The van der Waals surface area contributed by atoms with E-state index in [1.54, 1.807) is 18.2 Å². The average Bonchev–Trinajstić information content (AvgIpc) is 2.90. The van der Waals surface area contributed by atoms with Crippen molar-refractivity contribution in [1.29, 1.82) is 0 Å². The molecule has 0 radical (unpaired) electrons. The van der Waals surface area contributed by atoms with Crippen LogP contribution in [0.25, 0.3) is 22.6 Å². The highest BCUT2D eigenvalue weighted by molar-refractivity contribution is 7.80. The lowest BCUT2D eigenvalue weighted by atomic mass is 10.2. The summed E-state index contributed by atoms with van der Waals surface area (Å²) in [5.74, 6) is 0.164. The summed E-state index contributed by atoms with van der Waals surface area (Å²) >= 11 is 17.1. The zero-order valence-electron chi connectivity index (χ0n) is 12.4. The minimum Gasteiger partial charge on any atom is -0.435 e. The molecule has 5 nitrogen and oxygen atoms in total. The van der Waals surface area contributed by atoms with Crippen LogP contribution in [0.2, 0.25) is 10.0 Å². The number of nitrogens with one attached hydrogen (secondary N) is 2. The van der Waals surface area contributed by atoms with E-state index in [0.29, 0.717) is 32.7 Å². The molecular formula is C16H11Cl2N3O2S. The van der Waals surface area contributed by atoms with E-state index in [0.717, 1.165) is 5.56 Å². The molecule has 2 N–H and O–H groups in total. The summed E-state index contributed by atoms with van der Waals surface area (Å²) in [4.78, 5) is 15.4. The van der Waals surface area contributed by atoms with Crippen molar-refractivity contribution < 1.29 is 9.21 Å². The number of halogens is 2. The first-order valence-electron chi connectivity index (χ1n) is 6.87. The van der Waals surface area contributed by atoms with Gasteiger partial charge in [-0.25, -0.2) is 4.98 Å². The Balaban J connectivity index is 1.93. The van der Waals surface area contributed by atoms with Crippen LogP contribution in [0.4, 0.5) is 5.69 Å². The molecule has 0 fully saturated rings. The van der Waals surface area contributed by atoms with E-state index >= 15 is 0 Å². The van der Waals surface area contributed by atoms with Gasteiger partial charge in [0.2, 0.25) is 11.8 Å². The van der Waals surface area contributed by atoms with E-state index < -0.39 is 0 Å². The normalized spacial score (nSPS) is 10.6. The number of nitrogens with zero attached hydrogens (tertiary/aromatic N) is 1. The van der Waals surface area contributed by atoms with Gasteiger partial charge in [-0.1, -0.05) is 29.3 Å². The Morgan fingerprint density at radius 2 is 2.04 bits per heavy atom. The Hall–Kier alpha value is -2.15. The molecule has 3 aromatic rings. The van der Waals surface area contributed by atoms with Crippen LogP contribution >= 0.6 is 35.4 Å². The highest BCUT2D eigenvalue weighted by Crippen LogP contribution is 2.32. The molecular weight excluding hydrogens is 369 g/mol. The largest absolute Gasteiger partial charge is 0.435 e. The van der Waals surface area contributed by atoms with E-state index in [-0.39, 0.29) is 11.0 Å². The van der Waals surface area contributed by atoms with Crippen molar-refractivity contribution in [3.05, 3.63) is 46.4 Å². The molecule has 0 saturated heterocycles. The van der Waals surface area contributed by atoms with Crippen LogP contribution in [0.3, 0.4) is 0 Å². The lowest BCUT2D eigenvalue weighted by molar-refractivity contribution is -0.117. The minimum absolute atomic E-state index is 0.215. The van der Waals surface area contributed by atoms with E-state index in [1.807, 2.05) is 18.2 Å². The second kappa shape index (κ2) is 6.76. The summed E-state index contributed by atoms with van der Waals surface area (Å²) in [6, 6.07) is 10.6. The van der Waals surface area contributed by atoms with Gasteiger partial charge in [0, 0.05) is 23.2 Å². The molecule has 8 heteroatoms. The molecule has 1 amide bonds. The molecule has 122 valence electrons. The topological polar surface area (TPSA) is 67.2 Å². The van der Waals surface area contributed by atoms with E-state index in [9.17, 15) is 4.79 Å². The fourth-order valence-electron chi connectivity index (χ4n) is 2.14. The number of hydrogen-bond acceptors (Lipinski definition) is 4. The molecule has 0 aliphatic heterocycles. The van der Waals surface area contributed by atoms with Crippen LogP contribution < -0.4 is 10.6 Å². The Bertz CT molecular complexity index is 956. The number of amides is 1. The number of aromatic nitrogens is 1. The van der Waals surface area contributed by atoms with Crippen molar-refractivity contribution in [2.45, 2.75) is 6.92 Å². The van der Waals surface area contributed by atoms with Crippen LogP contribution in [-0.4, -0.2) is 16.0 Å². The third-order valence-electron chi connectivity index (χ3n) is 3.07. The quantitative estimate of drug-likeness (QED) is 0.635. The Labute approximate surface area is 153 Å². The predicted octanol–water partition coefficient (Wildman–Crippen LogP) is 4.63. The number of thiocarbonyl (C=S) groups is 1. The number of benzene rings is 2. The molecule has 2 aromatic carbocycles. The van der Waals surface area contributed by atoms with Gasteiger partial charge in [-0.05, 0) is 42.5 Å². The zero-order chi connectivity index (χ0) is 17.3. The van der Waals surface area contributed by atoms with Gasteiger partial charge in [0.15, 0.2) is 10.7 Å². The number of fused-ring (bicyclic) bond motifs is 1. The van der Waals surface area contributed by atoms with Crippen molar-refractivity contribution in [2.24, 2.45) is 0 Å². The van der Waals surface area contributed by atoms with Crippen LogP contribution in [0.5, 0.6) is 0 Å². The SMILES string of the molecule is CC(=O)NC(=S)Nc1cccc(-c2nc3cc(Cl)cc(Cl)c3o2)c1. The smallest absolute Gasteiger partial charge is 0.227 e. The lowest BCUT2D eigenvalue weighted by Crippen LogP contribution is -2.32. The monoisotopic (exact) mass is 379 g/mol. The third-order valence-corrected chi connectivity index (χ3v) is 3.77. The lowest BCUT2D eigenvalue weighted by Gasteiger charge is -2.08. The Morgan fingerprint density at radius 3 is 2.79 bits per heavy atom. The van der Waals surface area contributed by atoms with Gasteiger partial charge in [-0.3, -0.25) is 4.79 Å². The summed E-state index contributed by atoms with van der Waals surface area (Å²) in [6.07, 6.45) is 0. The summed E-state index contributed by atoms with van der Waals surface area (Å²) in [5, 5.41) is 6.52. The second-order valence-electron chi connectivity index (χ2n) is 4.97. The van der Waals surface area contributed by atoms with Crippen LogP contribution in [0.15, 0.2) is 40.8 Å². The number of carbonyl (C=O) groups excluding carboxylic acids is 1. The van der Waals surface area contributed by atoms with Crippen molar-refractivity contribution in [1.82, 2.24) is 10.3 Å². The maximum Gasteiger partial charge on any atom is 0.227 e. The van der Waals surface area contributed by atoms with E-state index in [2.05, 4.69) is 15.6 Å². The molecule has 0 spiro atoms. The minimum atomic E-state index is -0.242. The first-order chi connectivity index (χ1) is 11.4. The van der Waals surface area contributed by atoms with Crippen LogP contribution in [-0.2, 0) is 4.79 Å². The number of anilines is 1. The molecule has 0 atom stereocenters. The van der Waals surface area contributed by atoms with Gasteiger partial charge in [-0.2, -0.15) is 0 Å². The van der Waals surface area contributed by atoms with Crippen molar-refractivity contribution in [2.75, 3.05) is 5.32 Å². The molecule has 0 unspecified atom stereocenters. The molecule has 0 aliphatic rings. The maximum atomic E-state index is 11.0. The highest BCUT2D eigenvalue weighted by atomic mass is 35.5. The van der Waals surface area contributed by atoms with Crippen molar-refractivity contribution >= 4 is 63.2 Å². The first kappa shape index (κ1) is 16.7. The number of hydrogen-bond donors (Lipinski definition) is 2. The van der Waals surface area contributed by atoms with Crippen molar-refractivity contribution in [3.8, 4) is 11.5 Å². The van der Waals surface area contributed by atoms with Gasteiger partial charge < -0.3 is 15.1 Å². The number of carbonyl (C=O) groups is 1. The van der Waals surface area contributed by atoms with E-state index in [1.165, 1.54) is 6.92 Å². The summed E-state index contributed by atoms with van der Waals surface area (Å²) in [6.45, 7) is 1.39. The maximum absolute atomic E-state index is 11.0. The molecule has 0 bridgehead atoms. The molecule has 0 saturated carbocycles. The molecule has 24 heavy (non-hydrogen) atoms. The summed E-state index contributed by atoms with van der Waals surface area (Å²) in [7, 11) is 0. The number of oxazole rings is 1. The van der Waals surface area contributed by atoms with Gasteiger partial charge in [0.05, 0.1) is 5.02 Å². The molecule has 3 rings (SSSR count). The van der Waals surface area contributed by atoms with Crippen LogP contribution in [0.1, 0.15) is 6.92 Å². The first-order valence-corrected chi connectivity index (χ1v) is 8.03. The number of rotatable bonds is 2. The highest BCUT2D eigenvalue weighted by Gasteiger charge is 2.12. The van der Waals surface area contributed by atoms with Crippen molar-refractivity contribution in [3.63, 3.8) is 0 Å². The average molecular weight is 380 g/mol. The fraction of sp³-hybridized carbons (Fsp3) is 0.0625. The summed E-state index contributed by atoms with van der Waals surface area (Å²) in [5.41, 5.74) is 2.48. The summed E-state index contributed by atoms with van der Waals surface area (Å²) < 4.78 is 5.73. The fourth-order valence-corrected chi connectivity index (χ4v) is 2.92. The van der Waals surface area contributed by atoms with E-state index in [4.69, 9.17) is 39.8 Å². The Kier molecular flexibility index (Phi) is 4.71. The molecule has 1 heterocycles. The van der Waals surface area contributed by atoms with Gasteiger partial charge in [0.1, 0.15) is 5.52 Å². The molecule has 1 aromatic heterocycles. The standard InChI is InChI=1S/C16H11Cl2N3O2S/c1-8(22)19-16(24)20-11-4-2-3-9(5-11)15-21-13-7-10(17)6-12(18)14(13)23-15/h2-7H,1H3,(H2,19,20,22,24). The Morgan fingerprint density at radius 1 is 1.25 bits per heavy atom. The van der Waals surface area contributed by atoms with Gasteiger partial charge in [-0.15, -0.1) is 0 Å². The molecule has 0 aliphatic carbocycles. The van der Waals surface area contributed by atoms with Crippen LogP contribution in [0, 0.1) is 0 Å². The third kappa shape index (κ3) is 3.67. The predicted molar refractivity (Wildman–Crippen MR) is 99.5 cm³/mol. The van der Waals surface area contributed by atoms with Gasteiger partial charge in [0.25, 0.3) is 0 Å². The van der Waals surface area contributed by atoms with Gasteiger partial charge >= 0.3 is 0 Å².